The third-order valence-electron chi connectivity index (χ3n) is 4.96. The van der Waals surface area contributed by atoms with Gasteiger partial charge in [0.1, 0.15) is 17.4 Å². The molecule has 0 saturated heterocycles. The SMILES string of the molecule is COc1cccc(-c2nc(COC(=O)c3cc(OC)c(OC)cc3NC(=O)c3ccco3)cs2)c1. The summed E-state index contributed by atoms with van der Waals surface area (Å²) in [4.78, 5) is 30.1. The van der Waals surface area contributed by atoms with E-state index >= 15 is 0 Å². The molecule has 35 heavy (non-hydrogen) atoms. The Morgan fingerprint density at radius 1 is 1.00 bits per heavy atom. The number of benzene rings is 2. The topological polar surface area (TPSA) is 109 Å². The number of rotatable bonds is 9. The molecule has 0 saturated carbocycles. The average molecular weight is 495 g/mol. The molecule has 0 spiro atoms. The molecule has 4 aromatic rings. The zero-order chi connectivity index (χ0) is 24.8. The summed E-state index contributed by atoms with van der Waals surface area (Å²) < 4.78 is 26.5. The molecule has 10 heteroatoms. The van der Waals surface area contributed by atoms with Gasteiger partial charge in [-0.05, 0) is 24.3 Å². The van der Waals surface area contributed by atoms with E-state index in [1.54, 1.807) is 13.2 Å². The number of amides is 1. The molecule has 1 N–H and O–H groups in total. The maximum atomic E-state index is 13.0. The molecule has 9 nitrogen and oxygen atoms in total. The van der Waals surface area contributed by atoms with E-state index < -0.39 is 11.9 Å². The molecule has 0 aliphatic rings. The zero-order valence-electron chi connectivity index (χ0n) is 19.2. The molecule has 2 aromatic carbocycles. The van der Waals surface area contributed by atoms with E-state index in [-0.39, 0.29) is 23.6 Å². The maximum absolute atomic E-state index is 13.0. The molecule has 0 radical (unpaired) electrons. The number of carbonyl (C=O) groups is 2. The van der Waals surface area contributed by atoms with Crippen molar-refractivity contribution in [3.05, 3.63) is 77.2 Å². The predicted octanol–water partition coefficient (Wildman–Crippen LogP) is 5.04. The Morgan fingerprint density at radius 2 is 1.80 bits per heavy atom. The van der Waals surface area contributed by atoms with Crippen molar-refractivity contribution < 1.29 is 33.0 Å². The molecule has 0 unspecified atom stereocenters. The Kier molecular flexibility index (Phi) is 7.32. The van der Waals surface area contributed by atoms with Gasteiger partial charge in [-0.3, -0.25) is 4.79 Å². The summed E-state index contributed by atoms with van der Waals surface area (Å²) >= 11 is 1.43. The van der Waals surface area contributed by atoms with Gasteiger partial charge in [0.15, 0.2) is 17.3 Å². The fraction of sp³-hybridized carbons (Fsp3) is 0.160. The number of aromatic nitrogens is 1. The molecule has 2 heterocycles. The van der Waals surface area contributed by atoms with Crippen molar-refractivity contribution in [1.82, 2.24) is 4.98 Å². The van der Waals surface area contributed by atoms with Gasteiger partial charge in [0.05, 0.1) is 44.5 Å². The molecule has 1 amide bonds. The molecule has 0 aliphatic carbocycles. The van der Waals surface area contributed by atoms with E-state index in [2.05, 4.69) is 10.3 Å². The number of anilines is 1. The highest BCUT2D eigenvalue weighted by Crippen LogP contribution is 2.34. The largest absolute Gasteiger partial charge is 0.497 e. The van der Waals surface area contributed by atoms with E-state index in [0.29, 0.717) is 17.2 Å². The van der Waals surface area contributed by atoms with Crippen LogP contribution >= 0.6 is 11.3 Å². The Balaban J connectivity index is 1.53. The van der Waals surface area contributed by atoms with Gasteiger partial charge in [0, 0.05) is 23.1 Å². The predicted molar refractivity (Wildman–Crippen MR) is 129 cm³/mol. The second-order valence-corrected chi connectivity index (χ2v) is 7.99. The first kappa shape index (κ1) is 23.8. The number of esters is 1. The van der Waals surface area contributed by atoms with Gasteiger partial charge in [-0.1, -0.05) is 12.1 Å². The summed E-state index contributed by atoms with van der Waals surface area (Å²) in [7, 11) is 4.50. The van der Waals surface area contributed by atoms with Gasteiger partial charge in [-0.2, -0.15) is 0 Å². The molecule has 0 bridgehead atoms. The second-order valence-electron chi connectivity index (χ2n) is 7.14. The zero-order valence-corrected chi connectivity index (χ0v) is 20.0. The fourth-order valence-electron chi connectivity index (χ4n) is 3.22. The van der Waals surface area contributed by atoms with Crippen LogP contribution in [0.5, 0.6) is 17.2 Å². The highest BCUT2D eigenvalue weighted by molar-refractivity contribution is 7.13. The monoisotopic (exact) mass is 494 g/mol. The minimum atomic E-state index is -0.670. The lowest BCUT2D eigenvalue weighted by Gasteiger charge is -2.14. The lowest BCUT2D eigenvalue weighted by molar-refractivity contribution is 0.0469. The smallest absolute Gasteiger partial charge is 0.340 e. The maximum Gasteiger partial charge on any atom is 0.340 e. The van der Waals surface area contributed by atoms with Crippen LogP contribution in [-0.4, -0.2) is 38.2 Å². The number of hydrogen-bond donors (Lipinski definition) is 1. The fourth-order valence-corrected chi connectivity index (χ4v) is 4.02. The van der Waals surface area contributed by atoms with Gasteiger partial charge < -0.3 is 28.7 Å². The Morgan fingerprint density at radius 3 is 2.51 bits per heavy atom. The van der Waals surface area contributed by atoms with Gasteiger partial charge in [0.2, 0.25) is 0 Å². The highest BCUT2D eigenvalue weighted by atomic mass is 32.1. The molecule has 2 aromatic heterocycles. The van der Waals surface area contributed by atoms with E-state index in [1.165, 1.54) is 50.0 Å². The number of thiazole rings is 1. The minimum absolute atomic E-state index is 0.0563. The third-order valence-corrected chi connectivity index (χ3v) is 5.90. The normalized spacial score (nSPS) is 10.5. The van der Waals surface area contributed by atoms with Crippen molar-refractivity contribution in [2.45, 2.75) is 6.61 Å². The molecule has 0 fully saturated rings. The third kappa shape index (κ3) is 5.44. The number of nitrogens with zero attached hydrogens (tertiary/aromatic N) is 1. The number of hydrogen-bond acceptors (Lipinski definition) is 9. The first-order chi connectivity index (χ1) is 17.0. The van der Waals surface area contributed by atoms with Crippen molar-refractivity contribution >= 4 is 28.9 Å². The molecule has 0 atom stereocenters. The van der Waals surface area contributed by atoms with Crippen molar-refractivity contribution in [1.29, 1.82) is 0 Å². The van der Waals surface area contributed by atoms with Gasteiger partial charge in [-0.15, -0.1) is 11.3 Å². The standard InChI is InChI=1S/C25H22N2O7S/c1-30-17-7-4-6-15(10-17)24-26-16(14-35-24)13-34-25(29)18-11-21(31-2)22(32-3)12-19(18)27-23(28)20-8-5-9-33-20/h4-12,14H,13H2,1-3H3,(H,27,28). The van der Waals surface area contributed by atoms with Crippen LogP contribution in [0.3, 0.4) is 0 Å². The molecule has 180 valence electrons. The van der Waals surface area contributed by atoms with Gasteiger partial charge in [0.25, 0.3) is 5.91 Å². The van der Waals surface area contributed by atoms with Crippen LogP contribution in [0.15, 0.2) is 64.6 Å². The van der Waals surface area contributed by atoms with Gasteiger partial charge in [-0.25, -0.2) is 9.78 Å². The highest BCUT2D eigenvalue weighted by Gasteiger charge is 2.21. The second kappa shape index (κ2) is 10.7. The average Bonchev–Trinajstić information content (AvgIpc) is 3.60. The van der Waals surface area contributed by atoms with Crippen LogP contribution in [0, 0.1) is 0 Å². The van der Waals surface area contributed by atoms with E-state index in [9.17, 15) is 9.59 Å². The number of carbonyl (C=O) groups excluding carboxylic acids is 2. The summed E-state index contributed by atoms with van der Waals surface area (Å²) in [6.07, 6.45) is 1.38. The van der Waals surface area contributed by atoms with E-state index in [0.717, 1.165) is 16.3 Å². The quantitative estimate of drug-likeness (QED) is 0.323. The molecular formula is C25H22N2O7S. The van der Waals surface area contributed by atoms with Crippen LogP contribution in [0.2, 0.25) is 0 Å². The first-order valence-electron chi connectivity index (χ1n) is 10.4. The molecule has 4 rings (SSSR count). The van der Waals surface area contributed by atoms with E-state index in [1.807, 2.05) is 29.6 Å². The number of nitrogens with one attached hydrogen (secondary N) is 1. The van der Waals surface area contributed by atoms with E-state index in [4.69, 9.17) is 23.4 Å². The van der Waals surface area contributed by atoms with Crippen molar-refractivity contribution in [2.75, 3.05) is 26.6 Å². The van der Waals surface area contributed by atoms with Crippen LogP contribution in [0.1, 0.15) is 26.6 Å². The lowest BCUT2D eigenvalue weighted by atomic mass is 10.1. The lowest BCUT2D eigenvalue weighted by Crippen LogP contribution is -2.16. The summed E-state index contributed by atoms with van der Waals surface area (Å²) in [5.41, 5.74) is 1.76. The summed E-state index contributed by atoms with van der Waals surface area (Å²) in [5.74, 6) is 0.260. The van der Waals surface area contributed by atoms with Crippen molar-refractivity contribution in [3.63, 3.8) is 0 Å². The first-order valence-corrected chi connectivity index (χ1v) is 11.3. The summed E-state index contributed by atoms with van der Waals surface area (Å²) in [6, 6.07) is 13.6. The number of furan rings is 1. The summed E-state index contributed by atoms with van der Waals surface area (Å²) in [5, 5.41) is 5.25. The van der Waals surface area contributed by atoms with Crippen molar-refractivity contribution in [3.8, 4) is 27.8 Å². The minimum Gasteiger partial charge on any atom is -0.497 e. The Labute approximate surface area is 205 Å². The van der Waals surface area contributed by atoms with Crippen LogP contribution < -0.4 is 19.5 Å². The number of methoxy groups -OCH3 is 3. The van der Waals surface area contributed by atoms with Crippen LogP contribution in [0.4, 0.5) is 5.69 Å². The van der Waals surface area contributed by atoms with Crippen LogP contribution in [0.25, 0.3) is 10.6 Å². The van der Waals surface area contributed by atoms with Gasteiger partial charge >= 0.3 is 5.97 Å². The number of ether oxygens (including phenoxy) is 4. The summed E-state index contributed by atoms with van der Waals surface area (Å²) in [6.45, 7) is -0.0563. The van der Waals surface area contributed by atoms with Crippen LogP contribution in [-0.2, 0) is 11.3 Å². The van der Waals surface area contributed by atoms with Crippen molar-refractivity contribution in [2.24, 2.45) is 0 Å². The Hall–Kier alpha value is -4.31. The molecule has 0 aliphatic heterocycles. The Bertz CT molecular complexity index is 1330. The molecular weight excluding hydrogens is 472 g/mol.